The van der Waals surface area contributed by atoms with Gasteiger partial charge in [0.1, 0.15) is 29.4 Å². The van der Waals surface area contributed by atoms with E-state index in [1.165, 1.54) is 63.5 Å². The minimum Gasteiger partial charge on any atom is -0.508 e. The molecule has 0 spiro atoms. The maximum Gasteiger partial charge on any atom is 0.326 e. The van der Waals surface area contributed by atoms with Crippen LogP contribution in [0.25, 0.3) is 0 Å². The van der Waals surface area contributed by atoms with Crippen LogP contribution in [0.5, 0.6) is 5.75 Å². The lowest BCUT2D eigenvalue weighted by Gasteiger charge is -2.19. The Morgan fingerprint density at radius 3 is 1.41 bits per heavy atom. The van der Waals surface area contributed by atoms with Crippen molar-refractivity contribution < 1.29 is 63.6 Å². The molecule has 1 aromatic carbocycles. The van der Waals surface area contributed by atoms with Crippen LogP contribution < -0.4 is 21.7 Å². The second-order valence-corrected chi connectivity index (χ2v) is 19.1. The van der Waals surface area contributed by atoms with Gasteiger partial charge in [-0.1, -0.05) is 122 Å². The number of phenolic OH excluding ortho intramolecular Hbond substituents is 1. The number of nitrogens with two attached hydrogens (primary N) is 1. The summed E-state index contributed by atoms with van der Waals surface area (Å²) < 4.78 is 0. The van der Waals surface area contributed by atoms with Crippen molar-refractivity contribution in [2.45, 2.75) is 212 Å². The number of carbonyl (C=O) groups is 9. The highest BCUT2D eigenvalue weighted by Crippen LogP contribution is 2.24. The monoisotopic (exact) mass is 973 g/mol. The van der Waals surface area contributed by atoms with Crippen LogP contribution in [0, 0.1) is 17.8 Å². The fourth-order valence-electron chi connectivity index (χ4n) is 8.26. The molecule has 0 aliphatic rings. The number of primary amides is 1. The van der Waals surface area contributed by atoms with Gasteiger partial charge >= 0.3 is 17.9 Å². The van der Waals surface area contributed by atoms with Crippen LogP contribution >= 0.6 is 0 Å². The molecule has 4 amide bonds. The van der Waals surface area contributed by atoms with Gasteiger partial charge in [-0.3, -0.25) is 33.6 Å². The summed E-state index contributed by atoms with van der Waals surface area (Å²) in [7, 11) is 0. The van der Waals surface area contributed by atoms with Crippen molar-refractivity contribution in [3.63, 3.8) is 0 Å². The van der Waals surface area contributed by atoms with E-state index in [-0.39, 0.29) is 87.6 Å². The molecule has 17 nitrogen and oxygen atoms in total. The van der Waals surface area contributed by atoms with Gasteiger partial charge in [0, 0.05) is 63.3 Å². The maximum absolute atomic E-state index is 13.5. The molecule has 0 aromatic heterocycles. The zero-order valence-electron chi connectivity index (χ0n) is 41.4. The van der Waals surface area contributed by atoms with Gasteiger partial charge in [-0.2, -0.15) is 0 Å². The van der Waals surface area contributed by atoms with E-state index in [1.54, 1.807) is 12.1 Å². The van der Waals surface area contributed by atoms with E-state index in [4.69, 9.17) is 10.8 Å². The number of ketones is 2. The minimum atomic E-state index is -1.41. The molecule has 0 fully saturated rings. The number of carboxylic acids is 3. The number of unbranched alkanes of at least 4 members (excludes halogenated alkanes) is 16. The van der Waals surface area contributed by atoms with E-state index in [1.807, 2.05) is 13.8 Å². The van der Waals surface area contributed by atoms with Crippen molar-refractivity contribution in [3.8, 4) is 5.75 Å². The number of hydrogen-bond acceptors (Lipinski definition) is 10. The lowest BCUT2D eigenvalue weighted by molar-refractivity contribution is -0.143. The molecule has 0 aliphatic carbocycles. The number of carbonyl (C=O) groups excluding carboxylic acids is 6. The highest BCUT2D eigenvalue weighted by Gasteiger charge is 2.28. The van der Waals surface area contributed by atoms with E-state index >= 15 is 0 Å². The Hall–Kier alpha value is -5.35. The first-order valence-corrected chi connectivity index (χ1v) is 25.5. The lowest BCUT2D eigenvalue weighted by atomic mass is 9.84. The quantitative estimate of drug-likeness (QED) is 0.0291. The third-order valence-electron chi connectivity index (χ3n) is 12.3. The summed E-state index contributed by atoms with van der Waals surface area (Å²) in [4.78, 5) is 111. The third-order valence-corrected chi connectivity index (χ3v) is 12.3. The average molecular weight is 973 g/mol. The molecule has 0 radical (unpaired) electrons. The molecule has 0 bridgehead atoms. The zero-order chi connectivity index (χ0) is 51.4. The Balaban J connectivity index is 2.36. The first-order chi connectivity index (χ1) is 32.9. The topological polar surface area (TPSA) is 297 Å². The summed E-state index contributed by atoms with van der Waals surface area (Å²) in [6.45, 7) is 4.02. The molecule has 9 N–H and O–H groups in total. The fourth-order valence-corrected chi connectivity index (χ4v) is 8.26. The molecular formula is C52H84N4O13. The highest BCUT2D eigenvalue weighted by atomic mass is 16.4. The molecule has 69 heavy (non-hydrogen) atoms. The second kappa shape index (κ2) is 37.5. The van der Waals surface area contributed by atoms with Crippen LogP contribution in [-0.4, -0.2) is 92.2 Å². The largest absolute Gasteiger partial charge is 0.508 e. The standard InChI is InChI=1S/C52H84N4O13/c1-37(2)33-42(58)35-39(45(59)36-40(50(53)65)34-38-24-26-41(57)27-25-38)21-19-20-32-54-46(60)30-28-43(51(66)67)56-48(62)31-29-44(52(68)69)55-47(61)22-17-15-13-11-9-7-5-3-4-6-8-10-12-14-16-18-23-49(63)64/h24-27,37,39-40,43-44,57H,3-23,28-36H2,1-2H3,(H2,53,65)(H,54,60)(H,55,61)(H,56,62)(H,63,64)(H,66,67)(H,68,69)/t39-,40-,43+,44+/m1/s1. The predicted octanol–water partition coefficient (Wildman–Crippen LogP) is 7.71. The number of hydrogen-bond donors (Lipinski definition) is 8. The molecule has 390 valence electrons. The van der Waals surface area contributed by atoms with Crippen LogP contribution in [-0.2, 0) is 49.6 Å². The van der Waals surface area contributed by atoms with E-state index in [2.05, 4.69) is 16.0 Å². The number of amides is 4. The number of carboxylic acid groups (broad SMARTS) is 3. The number of aliphatic carboxylic acids is 3. The molecule has 0 unspecified atom stereocenters. The number of benzene rings is 1. The molecule has 0 saturated carbocycles. The van der Waals surface area contributed by atoms with Crippen molar-refractivity contribution in [2.75, 3.05) is 6.54 Å². The van der Waals surface area contributed by atoms with Gasteiger partial charge < -0.3 is 42.1 Å². The Labute approximate surface area is 409 Å². The summed E-state index contributed by atoms with van der Waals surface area (Å²) in [6, 6.07) is 3.51. The number of phenols is 1. The lowest BCUT2D eigenvalue weighted by Crippen LogP contribution is -2.44. The van der Waals surface area contributed by atoms with Crippen LogP contribution in [0.15, 0.2) is 24.3 Å². The molecule has 0 saturated heterocycles. The van der Waals surface area contributed by atoms with Gasteiger partial charge in [0.05, 0.1) is 0 Å². The number of Topliss-reactive ketones (excluding diaryl/α,β-unsaturated/α-hetero) is 2. The maximum atomic E-state index is 13.5. The molecular weight excluding hydrogens is 889 g/mol. The Bertz CT molecular complexity index is 1720. The van der Waals surface area contributed by atoms with Gasteiger partial charge in [-0.25, -0.2) is 9.59 Å². The first kappa shape index (κ1) is 61.7. The van der Waals surface area contributed by atoms with Gasteiger partial charge in [-0.05, 0) is 68.6 Å². The van der Waals surface area contributed by atoms with Crippen molar-refractivity contribution in [3.05, 3.63) is 29.8 Å². The number of rotatable bonds is 44. The SMILES string of the molecule is CC(C)CC(=O)C[C@@H](CCCCNC(=O)CC[C@H](NC(=O)CC[C@H](NC(=O)CCCCCCCCCCCCCCCCCCC(=O)O)C(=O)O)C(=O)O)C(=O)C[C@@H](Cc1ccc(O)cc1)C(N)=O. The van der Waals surface area contributed by atoms with Gasteiger partial charge in [0.2, 0.25) is 23.6 Å². The summed E-state index contributed by atoms with van der Waals surface area (Å²) in [5, 5.41) is 45.1. The van der Waals surface area contributed by atoms with Crippen LogP contribution in [0.4, 0.5) is 0 Å². The van der Waals surface area contributed by atoms with Gasteiger partial charge in [0.25, 0.3) is 0 Å². The fraction of sp³-hybridized carbons (Fsp3) is 0.712. The van der Waals surface area contributed by atoms with E-state index in [0.29, 0.717) is 32.1 Å². The summed E-state index contributed by atoms with van der Waals surface area (Å²) in [5.41, 5.74) is 6.36. The molecule has 0 aliphatic heterocycles. The van der Waals surface area contributed by atoms with Crippen LogP contribution in [0.1, 0.15) is 199 Å². The molecule has 0 heterocycles. The summed E-state index contributed by atoms with van der Waals surface area (Å²) >= 11 is 0. The Kier molecular flexibility index (Phi) is 33.5. The average Bonchev–Trinajstić information content (AvgIpc) is 3.27. The zero-order valence-corrected chi connectivity index (χ0v) is 41.4. The summed E-state index contributed by atoms with van der Waals surface area (Å²) in [6.07, 6.45) is 18.2. The predicted molar refractivity (Wildman–Crippen MR) is 262 cm³/mol. The minimum absolute atomic E-state index is 0.0227. The van der Waals surface area contributed by atoms with Crippen molar-refractivity contribution >= 4 is 53.1 Å². The number of nitrogens with one attached hydrogen (secondary N) is 3. The molecule has 1 aromatic rings. The second-order valence-electron chi connectivity index (χ2n) is 19.1. The van der Waals surface area contributed by atoms with Crippen molar-refractivity contribution in [1.82, 2.24) is 16.0 Å². The molecule has 4 atom stereocenters. The smallest absolute Gasteiger partial charge is 0.326 e. The third kappa shape index (κ3) is 32.9. The van der Waals surface area contributed by atoms with Crippen LogP contribution in [0.2, 0.25) is 0 Å². The Morgan fingerprint density at radius 2 is 0.957 bits per heavy atom. The van der Waals surface area contributed by atoms with Crippen molar-refractivity contribution in [1.29, 1.82) is 0 Å². The van der Waals surface area contributed by atoms with E-state index in [9.17, 15) is 58.5 Å². The van der Waals surface area contributed by atoms with Crippen molar-refractivity contribution in [2.24, 2.45) is 23.5 Å². The molecule has 17 heteroatoms. The van der Waals surface area contributed by atoms with E-state index in [0.717, 1.165) is 50.5 Å². The highest BCUT2D eigenvalue weighted by molar-refractivity contribution is 5.91. The molecule has 1 rings (SSSR count). The number of aromatic hydroxyl groups is 1. The first-order valence-electron chi connectivity index (χ1n) is 25.5. The van der Waals surface area contributed by atoms with Crippen LogP contribution in [0.3, 0.4) is 0 Å². The van der Waals surface area contributed by atoms with E-state index < -0.39 is 65.5 Å². The normalized spacial score (nSPS) is 12.9. The van der Waals surface area contributed by atoms with Gasteiger partial charge in [0.15, 0.2) is 0 Å². The van der Waals surface area contributed by atoms with Gasteiger partial charge in [-0.15, -0.1) is 0 Å². The summed E-state index contributed by atoms with van der Waals surface area (Å²) in [5.74, 6) is -7.27. The Morgan fingerprint density at radius 1 is 0.507 bits per heavy atom.